The molecule has 3 rings (SSSR count). The van der Waals surface area contributed by atoms with Crippen LogP contribution in [0.15, 0.2) is 17.6 Å². The van der Waals surface area contributed by atoms with Crippen LogP contribution in [-0.4, -0.2) is 34.1 Å². The van der Waals surface area contributed by atoms with Crippen molar-refractivity contribution in [3.63, 3.8) is 0 Å². The summed E-state index contributed by atoms with van der Waals surface area (Å²) >= 11 is 1.35. The average Bonchev–Trinajstić information content (AvgIpc) is 3.02. The maximum atomic E-state index is 11.4. The van der Waals surface area contributed by atoms with Gasteiger partial charge in [-0.3, -0.25) is 14.9 Å². The summed E-state index contributed by atoms with van der Waals surface area (Å²) in [5.74, 6) is -1.41. The van der Waals surface area contributed by atoms with Crippen LogP contribution in [-0.2, 0) is 4.79 Å². The monoisotopic (exact) mass is 307 g/mol. The molecule has 8 heteroatoms. The summed E-state index contributed by atoms with van der Waals surface area (Å²) in [7, 11) is 0. The maximum absolute atomic E-state index is 11.4. The quantitative estimate of drug-likeness (QED) is 0.690. The third-order valence-electron chi connectivity index (χ3n) is 3.91. The number of hydrogen-bond donors (Lipinski definition) is 1. The van der Waals surface area contributed by atoms with Crippen LogP contribution < -0.4 is 4.90 Å². The van der Waals surface area contributed by atoms with E-state index in [1.165, 1.54) is 11.3 Å². The van der Waals surface area contributed by atoms with Gasteiger partial charge in [0.05, 0.1) is 21.1 Å². The highest BCUT2D eigenvalue weighted by Crippen LogP contribution is 2.39. The van der Waals surface area contributed by atoms with E-state index in [2.05, 4.69) is 4.98 Å². The highest BCUT2D eigenvalue weighted by molar-refractivity contribution is 7.16. The van der Waals surface area contributed by atoms with Gasteiger partial charge in [-0.25, -0.2) is 4.98 Å². The molecule has 7 nitrogen and oxygen atoms in total. The number of carboxylic acid groups (broad SMARTS) is 1. The van der Waals surface area contributed by atoms with Gasteiger partial charge >= 0.3 is 11.7 Å². The molecule has 0 aliphatic carbocycles. The summed E-state index contributed by atoms with van der Waals surface area (Å²) in [6.45, 7) is 2.63. The number of thiazole rings is 1. The van der Waals surface area contributed by atoms with Crippen molar-refractivity contribution in [3.05, 3.63) is 27.8 Å². The Morgan fingerprint density at radius 3 is 2.90 bits per heavy atom. The second-order valence-corrected chi connectivity index (χ2v) is 6.10. The maximum Gasteiger partial charge on any atom is 0.319 e. The summed E-state index contributed by atoms with van der Waals surface area (Å²) in [6, 6.07) is 3.49. The Balaban J connectivity index is 2.07. The number of fused-ring (bicyclic) bond motifs is 1. The van der Waals surface area contributed by atoms with Gasteiger partial charge in [0.15, 0.2) is 5.52 Å². The summed E-state index contributed by atoms with van der Waals surface area (Å²) in [6.07, 6.45) is 0. The Morgan fingerprint density at radius 2 is 2.29 bits per heavy atom. The molecule has 0 amide bonds. The van der Waals surface area contributed by atoms with Crippen molar-refractivity contribution in [2.24, 2.45) is 11.8 Å². The van der Waals surface area contributed by atoms with E-state index in [-0.39, 0.29) is 18.2 Å². The Bertz CT molecular complexity index is 729. The summed E-state index contributed by atoms with van der Waals surface area (Å²) < 4.78 is 0.757. The SMILES string of the molecule is CC1CN(c2ccc3scnc3c2[N+](=O)[O-])CC1C(=O)O. The molecule has 1 aliphatic heterocycles. The predicted molar refractivity (Wildman–Crippen MR) is 78.8 cm³/mol. The lowest BCUT2D eigenvalue weighted by Gasteiger charge is -2.18. The summed E-state index contributed by atoms with van der Waals surface area (Å²) in [4.78, 5) is 28.0. The Labute approximate surface area is 124 Å². The normalized spacial score (nSPS) is 21.9. The van der Waals surface area contributed by atoms with Crippen LogP contribution >= 0.6 is 11.3 Å². The van der Waals surface area contributed by atoms with Gasteiger partial charge in [-0.15, -0.1) is 11.3 Å². The highest BCUT2D eigenvalue weighted by atomic mass is 32.1. The van der Waals surface area contributed by atoms with Crippen molar-refractivity contribution in [1.29, 1.82) is 0 Å². The lowest BCUT2D eigenvalue weighted by molar-refractivity contribution is -0.382. The number of nitrogens with zero attached hydrogens (tertiary/aromatic N) is 3. The highest BCUT2D eigenvalue weighted by Gasteiger charge is 2.37. The van der Waals surface area contributed by atoms with Crippen LogP contribution in [0.4, 0.5) is 11.4 Å². The number of aliphatic carboxylic acids is 1. The number of nitro groups is 1. The third kappa shape index (κ3) is 2.21. The Kier molecular flexibility index (Phi) is 3.25. The molecule has 1 aromatic carbocycles. The molecule has 21 heavy (non-hydrogen) atoms. The number of benzene rings is 1. The van der Waals surface area contributed by atoms with Crippen molar-refractivity contribution in [2.75, 3.05) is 18.0 Å². The zero-order valence-corrected chi connectivity index (χ0v) is 12.0. The Hall–Kier alpha value is -2.22. The number of nitro benzene ring substituents is 1. The fraction of sp³-hybridized carbons (Fsp3) is 0.385. The van der Waals surface area contributed by atoms with Gasteiger partial charge in [-0.05, 0) is 18.1 Å². The minimum Gasteiger partial charge on any atom is -0.481 e. The zero-order chi connectivity index (χ0) is 15.1. The van der Waals surface area contributed by atoms with E-state index >= 15 is 0 Å². The van der Waals surface area contributed by atoms with Crippen molar-refractivity contribution >= 4 is 38.9 Å². The fourth-order valence-corrected chi connectivity index (χ4v) is 3.51. The molecule has 0 saturated carbocycles. The van der Waals surface area contributed by atoms with E-state index < -0.39 is 16.8 Å². The van der Waals surface area contributed by atoms with Crippen LogP contribution in [0.1, 0.15) is 6.92 Å². The van der Waals surface area contributed by atoms with Crippen LogP contribution in [0.25, 0.3) is 10.2 Å². The van der Waals surface area contributed by atoms with Gasteiger partial charge in [0.1, 0.15) is 5.69 Å². The topological polar surface area (TPSA) is 96.6 Å². The largest absolute Gasteiger partial charge is 0.481 e. The number of rotatable bonds is 3. The summed E-state index contributed by atoms with van der Waals surface area (Å²) in [5, 5.41) is 20.6. The molecular formula is C13H13N3O4S. The van der Waals surface area contributed by atoms with E-state index in [1.54, 1.807) is 22.5 Å². The van der Waals surface area contributed by atoms with Gasteiger partial charge in [0.2, 0.25) is 0 Å². The van der Waals surface area contributed by atoms with E-state index in [0.29, 0.717) is 17.7 Å². The molecule has 1 fully saturated rings. The Morgan fingerprint density at radius 1 is 1.52 bits per heavy atom. The minimum absolute atomic E-state index is 0.0352. The second kappa shape index (κ2) is 4.96. The first kappa shape index (κ1) is 13.7. The van der Waals surface area contributed by atoms with Crippen LogP contribution in [0.5, 0.6) is 0 Å². The van der Waals surface area contributed by atoms with Crippen LogP contribution in [0.2, 0.25) is 0 Å². The average molecular weight is 307 g/mol. The van der Waals surface area contributed by atoms with Gasteiger partial charge in [-0.2, -0.15) is 0 Å². The first-order valence-corrected chi connectivity index (χ1v) is 7.35. The second-order valence-electron chi connectivity index (χ2n) is 5.22. The van der Waals surface area contributed by atoms with Gasteiger partial charge in [0.25, 0.3) is 0 Å². The van der Waals surface area contributed by atoms with Crippen molar-refractivity contribution in [1.82, 2.24) is 4.98 Å². The molecule has 2 heterocycles. The summed E-state index contributed by atoms with van der Waals surface area (Å²) in [5.41, 5.74) is 2.36. The van der Waals surface area contributed by atoms with Crippen molar-refractivity contribution < 1.29 is 14.8 Å². The smallest absolute Gasteiger partial charge is 0.319 e. The van der Waals surface area contributed by atoms with Gasteiger partial charge < -0.3 is 10.0 Å². The van der Waals surface area contributed by atoms with E-state index in [0.717, 1.165) is 4.70 Å². The first-order valence-electron chi connectivity index (χ1n) is 6.47. The van der Waals surface area contributed by atoms with Crippen molar-refractivity contribution in [2.45, 2.75) is 6.92 Å². The standard InChI is InChI=1S/C13H13N3O4S/c1-7-4-15(5-8(7)13(17)18)9-2-3-10-11(14-6-21-10)12(9)16(19)20/h2-3,6-8H,4-5H2,1H3,(H,17,18). The minimum atomic E-state index is -0.859. The molecule has 1 N–H and O–H groups in total. The molecular weight excluding hydrogens is 294 g/mol. The number of anilines is 1. The van der Waals surface area contributed by atoms with E-state index in [9.17, 15) is 20.0 Å². The number of carbonyl (C=O) groups is 1. The number of hydrogen-bond acceptors (Lipinski definition) is 6. The predicted octanol–water partition coefficient (Wildman–Crippen LogP) is 2.36. The molecule has 0 bridgehead atoms. The molecule has 2 unspecified atom stereocenters. The number of carboxylic acids is 1. The molecule has 1 saturated heterocycles. The van der Waals surface area contributed by atoms with Crippen molar-refractivity contribution in [3.8, 4) is 0 Å². The molecule has 1 aromatic heterocycles. The lowest BCUT2D eigenvalue weighted by atomic mass is 9.99. The molecule has 0 radical (unpaired) electrons. The first-order chi connectivity index (χ1) is 9.99. The molecule has 0 spiro atoms. The van der Waals surface area contributed by atoms with E-state index in [4.69, 9.17) is 0 Å². The molecule has 1 aliphatic rings. The number of aromatic nitrogens is 1. The zero-order valence-electron chi connectivity index (χ0n) is 11.2. The lowest BCUT2D eigenvalue weighted by Crippen LogP contribution is -2.23. The van der Waals surface area contributed by atoms with Gasteiger partial charge in [-0.1, -0.05) is 6.92 Å². The van der Waals surface area contributed by atoms with Crippen LogP contribution in [0, 0.1) is 22.0 Å². The molecule has 110 valence electrons. The van der Waals surface area contributed by atoms with E-state index in [1.807, 2.05) is 6.92 Å². The third-order valence-corrected chi connectivity index (χ3v) is 4.70. The van der Waals surface area contributed by atoms with Crippen LogP contribution in [0.3, 0.4) is 0 Å². The molecule has 2 atom stereocenters. The van der Waals surface area contributed by atoms with Gasteiger partial charge in [0, 0.05) is 13.1 Å². The molecule has 2 aromatic rings. The fourth-order valence-electron chi connectivity index (χ4n) is 2.83.